The predicted molar refractivity (Wildman–Crippen MR) is 52.0 cm³/mol. The van der Waals surface area contributed by atoms with E-state index < -0.39 is 0 Å². The maximum Gasteiger partial charge on any atom is 0.316 e. The van der Waals surface area contributed by atoms with Gasteiger partial charge in [-0.15, -0.1) is 0 Å². The Kier molecular flexibility index (Phi) is 2.74. The Hall–Kier alpha value is -0.280. The van der Waals surface area contributed by atoms with Gasteiger partial charge in [0.25, 0.3) is 0 Å². The molecule has 74 valence electrons. The number of hydrogen-bond donors (Lipinski definition) is 0. The zero-order valence-corrected chi connectivity index (χ0v) is 8.46. The first kappa shape index (κ1) is 9.28. The van der Waals surface area contributed by atoms with E-state index in [-0.39, 0.29) is 5.37 Å². The molecule has 2 aliphatic rings. The van der Waals surface area contributed by atoms with Crippen molar-refractivity contribution < 1.29 is 4.79 Å². The number of carbonyl (C=O) groups excluding carboxylic acids is 1. The SMILES string of the molecule is O=C(Cl)N1CC[C@H](N2CCCC2)C1. The normalized spacial score (nSPS) is 29.9. The summed E-state index contributed by atoms with van der Waals surface area (Å²) in [5.41, 5.74) is 0. The Labute approximate surface area is 83.6 Å². The lowest BCUT2D eigenvalue weighted by atomic mass is 10.2. The first-order chi connectivity index (χ1) is 6.27. The smallest absolute Gasteiger partial charge is 0.316 e. The van der Waals surface area contributed by atoms with Crippen LogP contribution in [0, 0.1) is 0 Å². The summed E-state index contributed by atoms with van der Waals surface area (Å²) in [6.45, 7) is 4.08. The summed E-state index contributed by atoms with van der Waals surface area (Å²) in [6, 6.07) is 0.574. The van der Waals surface area contributed by atoms with Gasteiger partial charge in [-0.25, -0.2) is 0 Å². The fraction of sp³-hybridized carbons (Fsp3) is 0.889. The molecule has 0 aliphatic carbocycles. The summed E-state index contributed by atoms with van der Waals surface area (Å²) in [6.07, 6.45) is 3.72. The molecule has 0 bridgehead atoms. The van der Waals surface area contributed by atoms with Crippen LogP contribution in [0.1, 0.15) is 19.3 Å². The first-order valence-corrected chi connectivity index (χ1v) is 5.33. The highest BCUT2D eigenvalue weighted by Crippen LogP contribution is 2.20. The lowest BCUT2D eigenvalue weighted by molar-refractivity contribution is 0.218. The Balaban J connectivity index is 1.86. The third-order valence-electron chi connectivity index (χ3n) is 3.07. The third-order valence-corrected chi connectivity index (χ3v) is 3.31. The maximum absolute atomic E-state index is 10.9. The van der Waals surface area contributed by atoms with E-state index in [1.54, 1.807) is 4.90 Å². The monoisotopic (exact) mass is 202 g/mol. The molecule has 0 N–H and O–H groups in total. The fourth-order valence-corrected chi connectivity index (χ4v) is 2.46. The Bertz CT molecular complexity index is 204. The summed E-state index contributed by atoms with van der Waals surface area (Å²) in [5, 5.41) is -0.290. The van der Waals surface area contributed by atoms with Crippen molar-refractivity contribution in [3.8, 4) is 0 Å². The van der Waals surface area contributed by atoms with Gasteiger partial charge in [-0.3, -0.25) is 9.69 Å². The summed E-state index contributed by atoms with van der Waals surface area (Å²) >= 11 is 5.42. The second-order valence-electron chi connectivity index (χ2n) is 3.88. The quantitative estimate of drug-likeness (QED) is 0.476. The minimum Gasteiger partial charge on any atom is -0.328 e. The Morgan fingerprint density at radius 3 is 2.46 bits per heavy atom. The van der Waals surface area contributed by atoms with Crippen LogP contribution in [0.4, 0.5) is 4.79 Å². The van der Waals surface area contributed by atoms with Crippen LogP contribution in [0.15, 0.2) is 0 Å². The molecule has 0 aromatic rings. The molecule has 1 amide bonds. The second kappa shape index (κ2) is 3.84. The molecule has 0 aromatic heterocycles. The lowest BCUT2D eigenvalue weighted by Gasteiger charge is -2.22. The van der Waals surface area contributed by atoms with Crippen molar-refractivity contribution >= 4 is 17.0 Å². The number of halogens is 1. The highest BCUT2D eigenvalue weighted by molar-refractivity contribution is 6.62. The van der Waals surface area contributed by atoms with E-state index in [0.29, 0.717) is 6.04 Å². The molecule has 1 atom stereocenters. The van der Waals surface area contributed by atoms with E-state index in [2.05, 4.69) is 4.90 Å². The molecule has 0 unspecified atom stereocenters. The van der Waals surface area contributed by atoms with E-state index in [1.165, 1.54) is 25.9 Å². The van der Waals surface area contributed by atoms with Crippen molar-refractivity contribution in [2.24, 2.45) is 0 Å². The van der Waals surface area contributed by atoms with Gasteiger partial charge >= 0.3 is 5.37 Å². The van der Waals surface area contributed by atoms with Crippen LogP contribution < -0.4 is 0 Å². The zero-order valence-electron chi connectivity index (χ0n) is 7.71. The predicted octanol–water partition coefficient (Wildman–Crippen LogP) is 1.52. The van der Waals surface area contributed by atoms with Crippen LogP contribution in [0.2, 0.25) is 0 Å². The van der Waals surface area contributed by atoms with E-state index in [4.69, 9.17) is 11.6 Å². The van der Waals surface area contributed by atoms with Gasteiger partial charge in [0.1, 0.15) is 0 Å². The molecule has 13 heavy (non-hydrogen) atoms. The summed E-state index contributed by atoms with van der Waals surface area (Å²) in [4.78, 5) is 15.1. The molecule has 2 fully saturated rings. The molecule has 3 nitrogen and oxygen atoms in total. The third kappa shape index (κ3) is 1.97. The first-order valence-electron chi connectivity index (χ1n) is 4.96. The molecule has 0 saturated carbocycles. The van der Waals surface area contributed by atoms with E-state index in [0.717, 1.165) is 19.5 Å². The van der Waals surface area contributed by atoms with Gasteiger partial charge < -0.3 is 4.90 Å². The van der Waals surface area contributed by atoms with Crippen LogP contribution >= 0.6 is 11.6 Å². The average Bonchev–Trinajstić information content (AvgIpc) is 2.75. The summed E-state index contributed by atoms with van der Waals surface area (Å²) in [5.74, 6) is 0. The van der Waals surface area contributed by atoms with Crippen molar-refractivity contribution in [2.45, 2.75) is 25.3 Å². The highest BCUT2D eigenvalue weighted by Gasteiger charge is 2.30. The minimum atomic E-state index is -0.290. The van der Waals surface area contributed by atoms with E-state index in [1.807, 2.05) is 0 Å². The van der Waals surface area contributed by atoms with Gasteiger partial charge in [0.2, 0.25) is 0 Å². The molecule has 2 heterocycles. The zero-order chi connectivity index (χ0) is 9.26. The van der Waals surface area contributed by atoms with E-state index in [9.17, 15) is 4.79 Å². The van der Waals surface area contributed by atoms with Crippen molar-refractivity contribution in [3.63, 3.8) is 0 Å². The summed E-state index contributed by atoms with van der Waals surface area (Å²) in [7, 11) is 0. The van der Waals surface area contributed by atoms with E-state index >= 15 is 0 Å². The number of likely N-dealkylation sites (tertiary alicyclic amines) is 2. The fourth-order valence-electron chi connectivity index (χ4n) is 2.31. The van der Waals surface area contributed by atoms with Crippen molar-refractivity contribution in [1.29, 1.82) is 0 Å². The lowest BCUT2D eigenvalue weighted by Crippen LogP contribution is -2.35. The molecule has 2 aliphatic heterocycles. The Morgan fingerprint density at radius 1 is 1.23 bits per heavy atom. The van der Waals surface area contributed by atoms with Crippen LogP contribution in [-0.4, -0.2) is 47.4 Å². The topological polar surface area (TPSA) is 23.6 Å². The molecular weight excluding hydrogens is 188 g/mol. The van der Waals surface area contributed by atoms with Crippen molar-refractivity contribution in [2.75, 3.05) is 26.2 Å². The average molecular weight is 203 g/mol. The molecule has 4 heteroatoms. The number of nitrogens with zero attached hydrogens (tertiary/aromatic N) is 2. The number of rotatable bonds is 1. The van der Waals surface area contributed by atoms with Crippen molar-refractivity contribution in [1.82, 2.24) is 9.80 Å². The standard InChI is InChI=1S/C9H15ClN2O/c10-9(13)12-6-3-8(7-12)11-4-1-2-5-11/h8H,1-7H2/t8-/m0/s1. The number of amides is 1. The van der Waals surface area contributed by atoms with Gasteiger partial charge in [-0.1, -0.05) is 0 Å². The van der Waals surface area contributed by atoms with Crippen molar-refractivity contribution in [3.05, 3.63) is 0 Å². The van der Waals surface area contributed by atoms with Crippen LogP contribution in [0.5, 0.6) is 0 Å². The van der Waals surface area contributed by atoms with Crippen LogP contribution in [0.3, 0.4) is 0 Å². The molecular formula is C9H15ClN2O. The van der Waals surface area contributed by atoms with Gasteiger partial charge in [-0.05, 0) is 44.0 Å². The molecule has 2 rings (SSSR count). The van der Waals surface area contributed by atoms with Crippen LogP contribution in [0.25, 0.3) is 0 Å². The van der Waals surface area contributed by atoms with Gasteiger partial charge in [-0.2, -0.15) is 0 Å². The molecule has 2 saturated heterocycles. The molecule has 0 spiro atoms. The van der Waals surface area contributed by atoms with Gasteiger partial charge in [0, 0.05) is 19.1 Å². The Morgan fingerprint density at radius 2 is 1.92 bits per heavy atom. The van der Waals surface area contributed by atoms with Gasteiger partial charge in [0.15, 0.2) is 0 Å². The number of carbonyl (C=O) groups is 1. The summed E-state index contributed by atoms with van der Waals surface area (Å²) < 4.78 is 0. The largest absolute Gasteiger partial charge is 0.328 e. The maximum atomic E-state index is 10.9. The van der Waals surface area contributed by atoms with Crippen LogP contribution in [-0.2, 0) is 0 Å². The second-order valence-corrected chi connectivity index (χ2v) is 4.21. The number of hydrogen-bond acceptors (Lipinski definition) is 2. The molecule has 0 aromatic carbocycles. The van der Waals surface area contributed by atoms with Gasteiger partial charge in [0.05, 0.1) is 0 Å². The highest BCUT2D eigenvalue weighted by atomic mass is 35.5. The molecule has 0 radical (unpaired) electrons. The minimum absolute atomic E-state index is 0.290.